The highest BCUT2D eigenvalue weighted by molar-refractivity contribution is 7.57. The zero-order valence-electron chi connectivity index (χ0n) is 13.9. The van der Waals surface area contributed by atoms with Crippen molar-refractivity contribution < 1.29 is 4.57 Å². The highest BCUT2D eigenvalue weighted by atomic mass is 31.2. The Kier molecular flexibility index (Phi) is 6.84. The summed E-state index contributed by atoms with van der Waals surface area (Å²) in [5.74, 6) is 0.886. The number of nitrogen functional groups attached to an aromatic ring is 1. The van der Waals surface area contributed by atoms with Gasteiger partial charge in [0.1, 0.15) is 0 Å². The standard InChI is InChI=1S/C13H29N6OP/c1-6-7-8-9-10-11-12-15-13(14)19(16-12)21(20,17(2)3)18(4)5/h6-11H2,1-5H3,(H2,14,15,16). The summed E-state index contributed by atoms with van der Waals surface area (Å²) in [6, 6.07) is 0. The van der Waals surface area contributed by atoms with Gasteiger partial charge in [-0.15, -0.1) is 5.10 Å². The van der Waals surface area contributed by atoms with Gasteiger partial charge in [0, 0.05) is 6.42 Å². The molecule has 2 N–H and O–H groups in total. The van der Waals surface area contributed by atoms with Crippen LogP contribution in [0.15, 0.2) is 0 Å². The molecule has 21 heavy (non-hydrogen) atoms. The highest BCUT2D eigenvalue weighted by Gasteiger charge is 2.34. The molecular formula is C13H29N6OP. The van der Waals surface area contributed by atoms with E-state index in [2.05, 4.69) is 17.0 Å². The van der Waals surface area contributed by atoms with Crippen molar-refractivity contribution in [3.8, 4) is 0 Å². The summed E-state index contributed by atoms with van der Waals surface area (Å²) in [5.41, 5.74) is 5.92. The minimum absolute atomic E-state index is 0.212. The summed E-state index contributed by atoms with van der Waals surface area (Å²) in [4.78, 5) is 4.26. The van der Waals surface area contributed by atoms with Crippen molar-refractivity contribution in [3.63, 3.8) is 0 Å². The molecule has 7 nitrogen and oxygen atoms in total. The molecule has 1 aromatic heterocycles. The van der Waals surface area contributed by atoms with Gasteiger partial charge >= 0.3 is 7.59 Å². The quantitative estimate of drug-likeness (QED) is 0.557. The number of rotatable bonds is 9. The van der Waals surface area contributed by atoms with Crippen molar-refractivity contribution in [3.05, 3.63) is 5.82 Å². The van der Waals surface area contributed by atoms with E-state index in [1.165, 1.54) is 30.1 Å². The molecule has 0 aromatic carbocycles. The monoisotopic (exact) mass is 316 g/mol. The molecule has 0 aliphatic rings. The fraction of sp³-hybridized carbons (Fsp3) is 0.846. The molecule has 0 atom stereocenters. The lowest BCUT2D eigenvalue weighted by molar-refractivity contribution is 0.430. The van der Waals surface area contributed by atoms with Crippen molar-refractivity contribution in [2.24, 2.45) is 0 Å². The van der Waals surface area contributed by atoms with Crippen LogP contribution in [0.4, 0.5) is 5.95 Å². The third-order valence-electron chi connectivity index (χ3n) is 3.45. The summed E-state index contributed by atoms with van der Waals surface area (Å²) in [7, 11) is 4.03. The van der Waals surface area contributed by atoms with Gasteiger partial charge in [-0.2, -0.15) is 9.44 Å². The first-order valence-electron chi connectivity index (χ1n) is 7.52. The summed E-state index contributed by atoms with van der Waals surface area (Å²) in [6.07, 6.45) is 6.72. The van der Waals surface area contributed by atoms with Crippen LogP contribution in [0.3, 0.4) is 0 Å². The lowest BCUT2D eigenvalue weighted by Crippen LogP contribution is -2.27. The third kappa shape index (κ3) is 4.28. The molecule has 1 aromatic rings. The van der Waals surface area contributed by atoms with E-state index in [9.17, 15) is 4.57 Å². The maximum atomic E-state index is 13.1. The Labute approximate surface area is 128 Å². The number of hydrogen-bond acceptors (Lipinski definition) is 4. The van der Waals surface area contributed by atoms with Gasteiger partial charge in [0.25, 0.3) is 0 Å². The average molecular weight is 316 g/mol. The topological polar surface area (TPSA) is 80.3 Å². The Bertz CT molecular complexity index is 473. The van der Waals surface area contributed by atoms with Gasteiger partial charge in [0.05, 0.1) is 0 Å². The number of aryl methyl sites for hydroxylation is 1. The summed E-state index contributed by atoms with van der Waals surface area (Å²) in [6.45, 7) is 2.20. The Hall–Kier alpha value is -0.910. The highest BCUT2D eigenvalue weighted by Crippen LogP contribution is 2.51. The van der Waals surface area contributed by atoms with Crippen LogP contribution in [-0.2, 0) is 11.0 Å². The molecule has 0 fully saturated rings. The van der Waals surface area contributed by atoms with Gasteiger partial charge in [0.2, 0.25) is 5.95 Å². The van der Waals surface area contributed by atoms with Gasteiger partial charge < -0.3 is 5.73 Å². The van der Waals surface area contributed by atoms with Crippen LogP contribution in [0.2, 0.25) is 0 Å². The van der Waals surface area contributed by atoms with Crippen LogP contribution >= 0.6 is 7.59 Å². The van der Waals surface area contributed by atoms with Crippen LogP contribution in [0.25, 0.3) is 0 Å². The lowest BCUT2D eigenvalue weighted by Gasteiger charge is -2.29. The molecule has 0 radical (unpaired) electrons. The normalized spacial score (nSPS) is 12.5. The largest absolute Gasteiger partial charge is 0.368 e. The Balaban J connectivity index is 2.80. The first kappa shape index (κ1) is 18.1. The van der Waals surface area contributed by atoms with E-state index >= 15 is 0 Å². The summed E-state index contributed by atoms with van der Waals surface area (Å²) < 4.78 is 17.7. The van der Waals surface area contributed by atoms with E-state index in [1.807, 2.05) is 0 Å². The Morgan fingerprint density at radius 1 is 1.10 bits per heavy atom. The molecular weight excluding hydrogens is 287 g/mol. The second-order valence-electron chi connectivity index (χ2n) is 5.65. The number of unbranched alkanes of at least 4 members (excludes halogenated alkanes) is 4. The molecule has 0 aliphatic carbocycles. The molecule has 0 saturated heterocycles. The van der Waals surface area contributed by atoms with E-state index < -0.39 is 7.59 Å². The molecule has 122 valence electrons. The van der Waals surface area contributed by atoms with Crippen molar-refractivity contribution in [2.75, 3.05) is 33.9 Å². The van der Waals surface area contributed by atoms with E-state index in [1.54, 1.807) is 37.5 Å². The molecule has 1 heterocycles. The summed E-state index contributed by atoms with van der Waals surface area (Å²) >= 11 is 0. The second kappa shape index (κ2) is 7.92. The lowest BCUT2D eigenvalue weighted by atomic mass is 10.1. The van der Waals surface area contributed by atoms with E-state index in [4.69, 9.17) is 5.73 Å². The zero-order valence-corrected chi connectivity index (χ0v) is 14.8. The van der Waals surface area contributed by atoms with E-state index in [0.717, 1.165) is 12.8 Å². The third-order valence-corrected chi connectivity index (χ3v) is 6.32. The van der Waals surface area contributed by atoms with Crippen LogP contribution < -0.4 is 5.73 Å². The first-order chi connectivity index (χ1) is 9.83. The van der Waals surface area contributed by atoms with Crippen molar-refractivity contribution >= 4 is 13.5 Å². The number of anilines is 1. The van der Waals surface area contributed by atoms with Gasteiger partial charge in [0.15, 0.2) is 5.82 Å². The van der Waals surface area contributed by atoms with Crippen molar-refractivity contribution in [1.29, 1.82) is 0 Å². The minimum atomic E-state index is -3.00. The smallest absolute Gasteiger partial charge is 0.332 e. The molecule has 0 bridgehead atoms. The Morgan fingerprint density at radius 2 is 1.67 bits per heavy atom. The van der Waals surface area contributed by atoms with Gasteiger partial charge in [-0.3, -0.25) is 4.57 Å². The molecule has 0 amide bonds. The SMILES string of the molecule is CCCCCCCc1nc(N)n(P(=O)(N(C)C)N(C)C)n1. The van der Waals surface area contributed by atoms with Crippen LogP contribution in [0, 0.1) is 0 Å². The maximum absolute atomic E-state index is 13.1. The van der Waals surface area contributed by atoms with Crippen LogP contribution in [0.5, 0.6) is 0 Å². The fourth-order valence-corrected chi connectivity index (χ4v) is 4.17. The number of hydrogen-bond donors (Lipinski definition) is 1. The molecule has 0 spiro atoms. The first-order valence-corrected chi connectivity index (χ1v) is 9.08. The zero-order chi connectivity index (χ0) is 16.0. The number of nitrogens with zero attached hydrogens (tertiary/aromatic N) is 5. The molecule has 0 saturated carbocycles. The fourth-order valence-electron chi connectivity index (χ4n) is 2.24. The molecule has 1 rings (SSSR count). The molecule has 0 aliphatic heterocycles. The van der Waals surface area contributed by atoms with E-state index in [0.29, 0.717) is 5.82 Å². The average Bonchev–Trinajstić information content (AvgIpc) is 2.78. The van der Waals surface area contributed by atoms with Gasteiger partial charge in [-0.1, -0.05) is 32.6 Å². The van der Waals surface area contributed by atoms with Crippen LogP contribution in [0.1, 0.15) is 44.9 Å². The van der Waals surface area contributed by atoms with Crippen molar-refractivity contribution in [2.45, 2.75) is 45.4 Å². The predicted octanol–water partition coefficient (Wildman–Crippen LogP) is 2.45. The maximum Gasteiger partial charge on any atom is 0.332 e. The van der Waals surface area contributed by atoms with Gasteiger partial charge in [-0.25, -0.2) is 9.34 Å². The number of aromatic nitrogens is 3. The number of nitrogens with two attached hydrogens (primary N) is 1. The predicted molar refractivity (Wildman–Crippen MR) is 87.3 cm³/mol. The molecule has 8 heteroatoms. The minimum Gasteiger partial charge on any atom is -0.368 e. The second-order valence-corrected chi connectivity index (χ2v) is 8.65. The van der Waals surface area contributed by atoms with Crippen LogP contribution in [-0.4, -0.2) is 52.1 Å². The Morgan fingerprint density at radius 3 is 2.19 bits per heavy atom. The van der Waals surface area contributed by atoms with E-state index in [-0.39, 0.29) is 5.95 Å². The molecule has 0 unspecified atom stereocenters. The summed E-state index contributed by atoms with van der Waals surface area (Å²) in [5, 5.41) is 4.38. The van der Waals surface area contributed by atoms with Gasteiger partial charge in [-0.05, 0) is 34.6 Å². The van der Waals surface area contributed by atoms with Crippen molar-refractivity contribution in [1.82, 2.24) is 23.9 Å².